The zero-order valence-electron chi connectivity index (χ0n) is 15.6. The SMILES string of the molecule is CCc1c(C(=O)N2CCN(C3CCCC3)CC2)cnn1-c1ccccc1. The van der Waals surface area contributed by atoms with Crippen molar-refractivity contribution in [2.24, 2.45) is 0 Å². The first-order chi connectivity index (χ1) is 12.8. The quantitative estimate of drug-likeness (QED) is 0.849. The van der Waals surface area contributed by atoms with Crippen molar-refractivity contribution in [3.8, 4) is 5.69 Å². The topological polar surface area (TPSA) is 41.4 Å². The summed E-state index contributed by atoms with van der Waals surface area (Å²) in [7, 11) is 0. The molecular formula is C21H28N4O. The molecule has 138 valence electrons. The van der Waals surface area contributed by atoms with Crippen molar-refractivity contribution < 1.29 is 4.79 Å². The first-order valence-corrected chi connectivity index (χ1v) is 9.93. The molecule has 0 spiro atoms. The molecule has 1 saturated heterocycles. The van der Waals surface area contributed by atoms with E-state index in [0.717, 1.165) is 55.6 Å². The molecule has 2 aromatic rings. The Hall–Kier alpha value is -2.14. The van der Waals surface area contributed by atoms with Crippen LogP contribution in [0.15, 0.2) is 36.5 Å². The molecule has 1 amide bonds. The molecule has 0 unspecified atom stereocenters. The van der Waals surface area contributed by atoms with Crippen molar-refractivity contribution in [3.05, 3.63) is 47.8 Å². The molecule has 5 nitrogen and oxygen atoms in total. The van der Waals surface area contributed by atoms with Gasteiger partial charge in [0.15, 0.2) is 0 Å². The molecule has 26 heavy (non-hydrogen) atoms. The number of carbonyl (C=O) groups is 1. The van der Waals surface area contributed by atoms with Gasteiger partial charge >= 0.3 is 0 Å². The minimum absolute atomic E-state index is 0.134. The maximum atomic E-state index is 13.1. The lowest BCUT2D eigenvalue weighted by Gasteiger charge is -2.38. The van der Waals surface area contributed by atoms with Crippen LogP contribution in [0.2, 0.25) is 0 Å². The predicted octanol–water partition coefficient (Wildman–Crippen LogP) is 3.14. The molecule has 1 aromatic heterocycles. The Morgan fingerprint density at radius 1 is 1.08 bits per heavy atom. The molecule has 1 aromatic carbocycles. The first-order valence-electron chi connectivity index (χ1n) is 9.93. The molecule has 2 aliphatic rings. The molecule has 0 bridgehead atoms. The van der Waals surface area contributed by atoms with Crippen molar-refractivity contribution in [2.45, 2.75) is 45.1 Å². The van der Waals surface area contributed by atoms with Crippen LogP contribution >= 0.6 is 0 Å². The highest BCUT2D eigenvalue weighted by Crippen LogP contribution is 2.25. The van der Waals surface area contributed by atoms with Crippen molar-refractivity contribution in [3.63, 3.8) is 0 Å². The Kier molecular flexibility index (Phi) is 5.07. The van der Waals surface area contributed by atoms with Crippen LogP contribution in [0.5, 0.6) is 0 Å². The van der Waals surface area contributed by atoms with Gasteiger partial charge in [-0.05, 0) is 31.4 Å². The normalized spacial score (nSPS) is 19.2. The Morgan fingerprint density at radius 3 is 2.42 bits per heavy atom. The number of hydrogen-bond acceptors (Lipinski definition) is 3. The summed E-state index contributed by atoms with van der Waals surface area (Å²) >= 11 is 0. The van der Waals surface area contributed by atoms with Gasteiger partial charge in [-0.2, -0.15) is 5.10 Å². The van der Waals surface area contributed by atoms with Crippen molar-refractivity contribution in [2.75, 3.05) is 26.2 Å². The molecule has 5 heteroatoms. The van der Waals surface area contributed by atoms with Crippen LogP contribution in [-0.4, -0.2) is 57.7 Å². The van der Waals surface area contributed by atoms with Crippen molar-refractivity contribution in [1.82, 2.24) is 19.6 Å². The van der Waals surface area contributed by atoms with E-state index >= 15 is 0 Å². The Bertz CT molecular complexity index is 741. The molecule has 0 N–H and O–H groups in total. The summed E-state index contributed by atoms with van der Waals surface area (Å²) in [5, 5.41) is 4.51. The number of rotatable bonds is 4. The molecule has 0 radical (unpaired) electrons. The number of aromatic nitrogens is 2. The fraction of sp³-hybridized carbons (Fsp3) is 0.524. The van der Waals surface area contributed by atoms with Gasteiger partial charge in [0, 0.05) is 32.2 Å². The van der Waals surface area contributed by atoms with E-state index in [2.05, 4.69) is 16.9 Å². The van der Waals surface area contributed by atoms with E-state index in [9.17, 15) is 4.79 Å². The number of nitrogens with zero attached hydrogens (tertiary/aromatic N) is 4. The van der Waals surface area contributed by atoms with Crippen LogP contribution in [-0.2, 0) is 6.42 Å². The summed E-state index contributed by atoms with van der Waals surface area (Å²) in [5.41, 5.74) is 2.76. The second-order valence-electron chi connectivity index (χ2n) is 7.37. The average Bonchev–Trinajstić information content (AvgIpc) is 3.38. The molecule has 4 rings (SSSR count). The predicted molar refractivity (Wildman–Crippen MR) is 103 cm³/mol. The average molecular weight is 352 g/mol. The largest absolute Gasteiger partial charge is 0.336 e. The summed E-state index contributed by atoms with van der Waals surface area (Å²) in [4.78, 5) is 17.7. The summed E-state index contributed by atoms with van der Waals surface area (Å²) in [6.07, 6.45) is 7.93. The van der Waals surface area contributed by atoms with E-state index in [-0.39, 0.29) is 5.91 Å². The maximum absolute atomic E-state index is 13.1. The third-order valence-corrected chi connectivity index (χ3v) is 5.88. The van der Waals surface area contributed by atoms with Crippen LogP contribution in [0.3, 0.4) is 0 Å². The molecule has 2 heterocycles. The first kappa shape index (κ1) is 17.3. The van der Waals surface area contributed by atoms with Crippen LogP contribution in [0.25, 0.3) is 5.69 Å². The highest BCUT2D eigenvalue weighted by atomic mass is 16.2. The number of carbonyl (C=O) groups excluding carboxylic acids is 1. The maximum Gasteiger partial charge on any atom is 0.257 e. The molecule has 2 fully saturated rings. The van der Waals surface area contributed by atoms with Crippen LogP contribution in [0.4, 0.5) is 0 Å². The van der Waals surface area contributed by atoms with Gasteiger partial charge in [0.25, 0.3) is 5.91 Å². The Labute approximate surface area is 155 Å². The van der Waals surface area contributed by atoms with Crippen LogP contribution in [0.1, 0.15) is 48.7 Å². The van der Waals surface area contributed by atoms with Gasteiger partial charge in [0.2, 0.25) is 0 Å². The van der Waals surface area contributed by atoms with Crippen LogP contribution in [0, 0.1) is 0 Å². The lowest BCUT2D eigenvalue weighted by molar-refractivity contribution is 0.0572. The third kappa shape index (κ3) is 3.28. The summed E-state index contributed by atoms with van der Waals surface area (Å²) in [6.45, 7) is 5.75. The van der Waals surface area contributed by atoms with Gasteiger partial charge in [0.1, 0.15) is 0 Å². The van der Waals surface area contributed by atoms with E-state index in [1.165, 1.54) is 25.7 Å². The monoisotopic (exact) mass is 352 g/mol. The molecule has 1 saturated carbocycles. The van der Waals surface area contributed by atoms with Gasteiger partial charge in [-0.15, -0.1) is 0 Å². The standard InChI is InChI=1S/C21H28N4O/c1-2-20-19(16-22-25(20)18-10-4-3-5-11-18)21(26)24-14-12-23(13-15-24)17-8-6-7-9-17/h3-5,10-11,16-17H,2,6-9,12-15H2,1H3. The van der Waals surface area contributed by atoms with Gasteiger partial charge in [-0.3, -0.25) is 9.69 Å². The van der Waals surface area contributed by atoms with E-state index in [4.69, 9.17) is 0 Å². The number of amides is 1. The van der Waals surface area contributed by atoms with Gasteiger partial charge < -0.3 is 4.90 Å². The second kappa shape index (κ2) is 7.62. The van der Waals surface area contributed by atoms with Gasteiger partial charge in [-0.1, -0.05) is 38.0 Å². The fourth-order valence-corrected chi connectivity index (χ4v) is 4.41. The molecular weight excluding hydrogens is 324 g/mol. The number of piperazine rings is 1. The number of hydrogen-bond donors (Lipinski definition) is 0. The second-order valence-corrected chi connectivity index (χ2v) is 7.37. The van der Waals surface area contributed by atoms with Gasteiger partial charge in [-0.25, -0.2) is 4.68 Å². The number of para-hydroxylation sites is 1. The van der Waals surface area contributed by atoms with E-state index in [1.807, 2.05) is 39.9 Å². The molecule has 0 atom stereocenters. The Morgan fingerprint density at radius 2 is 1.77 bits per heavy atom. The lowest BCUT2D eigenvalue weighted by atomic mass is 10.1. The lowest BCUT2D eigenvalue weighted by Crippen LogP contribution is -2.51. The smallest absolute Gasteiger partial charge is 0.257 e. The van der Waals surface area contributed by atoms with Crippen LogP contribution < -0.4 is 0 Å². The van der Waals surface area contributed by atoms with E-state index < -0.39 is 0 Å². The highest BCUT2D eigenvalue weighted by Gasteiger charge is 2.29. The third-order valence-electron chi connectivity index (χ3n) is 5.88. The van der Waals surface area contributed by atoms with E-state index in [0.29, 0.717) is 0 Å². The summed E-state index contributed by atoms with van der Waals surface area (Å²) < 4.78 is 1.90. The summed E-state index contributed by atoms with van der Waals surface area (Å²) in [5.74, 6) is 0.134. The van der Waals surface area contributed by atoms with E-state index in [1.54, 1.807) is 6.20 Å². The zero-order chi connectivity index (χ0) is 17.9. The summed E-state index contributed by atoms with van der Waals surface area (Å²) in [6, 6.07) is 10.8. The Balaban J connectivity index is 1.48. The zero-order valence-corrected chi connectivity index (χ0v) is 15.6. The van der Waals surface area contributed by atoms with Crippen molar-refractivity contribution in [1.29, 1.82) is 0 Å². The minimum Gasteiger partial charge on any atom is -0.336 e. The minimum atomic E-state index is 0.134. The molecule has 1 aliphatic carbocycles. The fourth-order valence-electron chi connectivity index (χ4n) is 4.41. The molecule has 1 aliphatic heterocycles. The van der Waals surface area contributed by atoms with Crippen molar-refractivity contribution >= 4 is 5.91 Å². The number of benzene rings is 1. The van der Waals surface area contributed by atoms with Gasteiger partial charge in [0.05, 0.1) is 23.1 Å². The highest BCUT2D eigenvalue weighted by molar-refractivity contribution is 5.95.